The van der Waals surface area contributed by atoms with Crippen LogP contribution in [0.25, 0.3) is 0 Å². The van der Waals surface area contributed by atoms with Gasteiger partial charge in [0.25, 0.3) is 5.91 Å². The fraction of sp³-hybridized carbons (Fsp3) is 0.450. The summed E-state index contributed by atoms with van der Waals surface area (Å²) in [5.41, 5.74) is -0.891. The van der Waals surface area contributed by atoms with E-state index in [1.807, 2.05) is 0 Å². The molecular weight excluding hydrogens is 381 g/mol. The number of amides is 2. The van der Waals surface area contributed by atoms with E-state index in [9.17, 15) is 23.6 Å². The molecule has 0 aromatic heterocycles. The molecule has 0 radical (unpaired) electrons. The molecule has 2 unspecified atom stereocenters. The van der Waals surface area contributed by atoms with E-state index < -0.39 is 41.1 Å². The summed E-state index contributed by atoms with van der Waals surface area (Å²) in [5.74, 6) is -3.81. The molecule has 0 saturated carbocycles. The molecule has 2 heterocycles. The van der Waals surface area contributed by atoms with Gasteiger partial charge in [0.1, 0.15) is 23.6 Å². The largest absolute Gasteiger partial charge is 0.461 e. The van der Waals surface area contributed by atoms with E-state index >= 15 is 0 Å². The number of esters is 1. The summed E-state index contributed by atoms with van der Waals surface area (Å²) in [5, 5.41) is 5.61. The minimum Gasteiger partial charge on any atom is -0.461 e. The van der Waals surface area contributed by atoms with Crippen molar-refractivity contribution in [3.63, 3.8) is 0 Å². The van der Waals surface area contributed by atoms with Crippen LogP contribution in [-0.4, -0.2) is 52.5 Å². The first-order valence-corrected chi connectivity index (χ1v) is 9.26. The lowest BCUT2D eigenvalue weighted by molar-refractivity contribution is -0.136. The van der Waals surface area contributed by atoms with Crippen molar-refractivity contribution in [3.8, 4) is 0 Å². The van der Waals surface area contributed by atoms with Crippen LogP contribution in [0, 0.1) is 11.7 Å². The molecule has 154 valence electrons. The Morgan fingerprint density at radius 1 is 1.17 bits per heavy atom. The number of nitrogens with zero attached hydrogens (tertiary/aromatic N) is 3. The molecule has 2 aliphatic heterocycles. The monoisotopic (exact) mass is 403 g/mol. The topological polar surface area (TPSA) is 96.3 Å². The van der Waals surface area contributed by atoms with Crippen molar-refractivity contribution in [1.29, 1.82) is 0 Å². The summed E-state index contributed by atoms with van der Waals surface area (Å²) in [6.07, 6.45) is 0.0633. The van der Waals surface area contributed by atoms with E-state index in [4.69, 9.17) is 4.74 Å². The molecule has 3 rings (SSSR count). The van der Waals surface area contributed by atoms with Crippen molar-refractivity contribution in [1.82, 2.24) is 5.01 Å². The second-order valence-corrected chi connectivity index (χ2v) is 7.65. The van der Waals surface area contributed by atoms with Crippen molar-refractivity contribution < 1.29 is 28.3 Å². The van der Waals surface area contributed by atoms with Crippen LogP contribution in [0.15, 0.2) is 29.4 Å². The number of hydrogen-bond donors (Lipinski definition) is 0. The first kappa shape index (κ1) is 20.6. The highest BCUT2D eigenvalue weighted by Gasteiger charge is 2.61. The molecule has 1 aromatic carbocycles. The number of hydrogen-bond acceptors (Lipinski definition) is 7. The van der Waals surface area contributed by atoms with Crippen molar-refractivity contribution in [2.24, 2.45) is 11.0 Å². The average molecular weight is 403 g/mol. The van der Waals surface area contributed by atoms with Crippen LogP contribution in [0.4, 0.5) is 10.1 Å². The van der Waals surface area contributed by atoms with E-state index in [1.54, 1.807) is 20.8 Å². The number of ether oxygens (including phenoxy) is 1. The zero-order valence-electron chi connectivity index (χ0n) is 16.6. The first-order chi connectivity index (χ1) is 13.6. The number of imide groups is 1. The van der Waals surface area contributed by atoms with Gasteiger partial charge >= 0.3 is 5.97 Å². The summed E-state index contributed by atoms with van der Waals surface area (Å²) in [4.78, 5) is 51.4. The highest BCUT2D eigenvalue weighted by molar-refractivity contribution is 6.46. The quantitative estimate of drug-likeness (QED) is 0.530. The van der Waals surface area contributed by atoms with E-state index in [2.05, 4.69) is 5.10 Å². The Bertz CT molecular complexity index is 909. The van der Waals surface area contributed by atoms with Gasteiger partial charge in [0.2, 0.25) is 5.91 Å². The summed E-state index contributed by atoms with van der Waals surface area (Å²) in [6.45, 7) is 6.53. The maximum Gasteiger partial charge on any atom is 0.355 e. The number of halogens is 1. The number of rotatable bonds is 6. The van der Waals surface area contributed by atoms with Crippen molar-refractivity contribution in [2.75, 3.05) is 11.5 Å². The average Bonchev–Trinajstić information content (AvgIpc) is 3.14. The molecule has 0 N–H and O–H groups in total. The lowest BCUT2D eigenvalue weighted by atomic mass is 9.92. The van der Waals surface area contributed by atoms with Crippen LogP contribution in [0.2, 0.25) is 0 Å². The van der Waals surface area contributed by atoms with Gasteiger partial charge in [-0.3, -0.25) is 19.4 Å². The van der Waals surface area contributed by atoms with Crippen LogP contribution < -0.4 is 4.90 Å². The second kappa shape index (κ2) is 7.38. The van der Waals surface area contributed by atoms with Crippen molar-refractivity contribution in [2.45, 2.75) is 45.7 Å². The summed E-state index contributed by atoms with van der Waals surface area (Å²) >= 11 is 0. The normalized spacial score (nSPS) is 21.3. The van der Waals surface area contributed by atoms with Gasteiger partial charge in [-0.25, -0.2) is 14.1 Å². The van der Waals surface area contributed by atoms with Crippen molar-refractivity contribution in [3.05, 3.63) is 30.1 Å². The fourth-order valence-electron chi connectivity index (χ4n) is 3.83. The standard InChI is InChI=1S/C20H22FN3O5/c1-5-29-19(28)15-14-16(24(22-15)20(3,4)10-11(2)25)18(27)23(17(14)26)13-8-6-12(21)7-9-13/h6-9,14,16H,5,10H2,1-4H3. The molecular formula is C20H22FN3O5. The van der Waals surface area contributed by atoms with Gasteiger partial charge in [0.05, 0.1) is 17.8 Å². The van der Waals surface area contributed by atoms with Gasteiger partial charge in [0.15, 0.2) is 5.71 Å². The van der Waals surface area contributed by atoms with Crippen LogP contribution in [0.1, 0.15) is 34.1 Å². The van der Waals surface area contributed by atoms with Crippen LogP contribution in [-0.2, 0) is 23.9 Å². The van der Waals surface area contributed by atoms with Gasteiger partial charge in [-0.1, -0.05) is 0 Å². The molecule has 2 amide bonds. The molecule has 1 aromatic rings. The highest BCUT2D eigenvalue weighted by atomic mass is 19.1. The predicted octanol–water partition coefficient (Wildman–Crippen LogP) is 1.68. The number of carbonyl (C=O) groups is 4. The summed E-state index contributed by atoms with van der Waals surface area (Å²) in [6, 6.07) is 3.83. The van der Waals surface area contributed by atoms with E-state index in [-0.39, 0.29) is 30.2 Å². The zero-order valence-corrected chi connectivity index (χ0v) is 16.6. The van der Waals surface area contributed by atoms with E-state index in [1.165, 1.54) is 24.1 Å². The fourth-order valence-corrected chi connectivity index (χ4v) is 3.83. The van der Waals surface area contributed by atoms with Crippen molar-refractivity contribution >= 4 is 35.0 Å². The Morgan fingerprint density at radius 3 is 2.34 bits per heavy atom. The first-order valence-electron chi connectivity index (χ1n) is 9.26. The SMILES string of the molecule is CCOC(=O)C1=NN(C(C)(C)CC(C)=O)C2C(=O)N(c3ccc(F)cc3)C(=O)C12. The Kier molecular flexibility index (Phi) is 5.25. The van der Waals surface area contributed by atoms with E-state index in [0.29, 0.717) is 0 Å². The molecule has 2 atom stereocenters. The smallest absolute Gasteiger partial charge is 0.355 e. The Labute approximate surface area is 167 Å². The van der Waals surface area contributed by atoms with Crippen LogP contribution >= 0.6 is 0 Å². The van der Waals surface area contributed by atoms with E-state index in [0.717, 1.165) is 17.0 Å². The second-order valence-electron chi connectivity index (χ2n) is 7.65. The predicted molar refractivity (Wildman–Crippen MR) is 101 cm³/mol. The third-order valence-electron chi connectivity index (χ3n) is 4.92. The molecule has 9 heteroatoms. The molecule has 2 aliphatic rings. The Hall–Kier alpha value is -3.10. The molecule has 1 fully saturated rings. The number of Topliss-reactive ketones (excluding diaryl/α,β-unsaturated/α-hetero) is 1. The number of fused-ring (bicyclic) bond motifs is 1. The molecule has 0 spiro atoms. The number of anilines is 1. The zero-order chi connectivity index (χ0) is 21.5. The lowest BCUT2D eigenvalue weighted by Gasteiger charge is -2.36. The van der Waals surface area contributed by atoms with Gasteiger partial charge in [-0.15, -0.1) is 0 Å². The lowest BCUT2D eigenvalue weighted by Crippen LogP contribution is -2.50. The molecule has 1 saturated heterocycles. The molecule has 29 heavy (non-hydrogen) atoms. The molecule has 8 nitrogen and oxygen atoms in total. The number of ketones is 1. The summed E-state index contributed by atoms with van der Waals surface area (Å²) in [7, 11) is 0. The van der Waals surface area contributed by atoms with Gasteiger partial charge in [0, 0.05) is 6.42 Å². The van der Waals surface area contributed by atoms with Crippen LogP contribution in [0.5, 0.6) is 0 Å². The highest BCUT2D eigenvalue weighted by Crippen LogP contribution is 2.39. The molecule has 0 bridgehead atoms. The van der Waals surface area contributed by atoms with Gasteiger partial charge < -0.3 is 4.74 Å². The number of hydrazone groups is 1. The van der Waals surface area contributed by atoms with Crippen LogP contribution in [0.3, 0.4) is 0 Å². The summed E-state index contributed by atoms with van der Waals surface area (Å²) < 4.78 is 18.3. The third kappa shape index (κ3) is 3.52. The maximum absolute atomic E-state index is 13.3. The minimum atomic E-state index is -1.15. The Morgan fingerprint density at radius 2 is 1.79 bits per heavy atom. The van der Waals surface area contributed by atoms with Gasteiger partial charge in [-0.2, -0.15) is 5.10 Å². The Balaban J connectivity index is 2.06. The number of benzene rings is 1. The van der Waals surface area contributed by atoms with Gasteiger partial charge in [-0.05, 0) is 52.0 Å². The third-order valence-corrected chi connectivity index (χ3v) is 4.92. The number of carbonyl (C=O) groups excluding carboxylic acids is 4. The molecule has 0 aliphatic carbocycles. The maximum atomic E-state index is 13.3. The minimum absolute atomic E-state index is 0.0633.